The average Bonchev–Trinajstić information content (AvgIpc) is 3.27. The molecule has 1 spiro atoms. The van der Waals surface area contributed by atoms with Gasteiger partial charge >= 0.3 is 5.97 Å². The smallest absolute Gasteiger partial charge is 0.340 e. The van der Waals surface area contributed by atoms with Crippen LogP contribution < -0.4 is 15.4 Å². The molecule has 1 aliphatic carbocycles. The fourth-order valence-corrected chi connectivity index (χ4v) is 6.74. The predicted molar refractivity (Wildman–Crippen MR) is 159 cm³/mol. The number of aryl methyl sites for hydroxylation is 1. The molecule has 5 nitrogen and oxygen atoms in total. The summed E-state index contributed by atoms with van der Waals surface area (Å²) in [5, 5.41) is 7.43. The molecule has 4 aromatic rings. The molecule has 0 saturated heterocycles. The van der Waals surface area contributed by atoms with Crippen LogP contribution in [-0.2, 0) is 10.3 Å². The van der Waals surface area contributed by atoms with Gasteiger partial charge < -0.3 is 20.1 Å². The third-order valence-electron chi connectivity index (χ3n) is 8.91. The number of nitrogens with one attached hydrogen (secondary N) is 2. The second-order valence-electron chi connectivity index (χ2n) is 11.3. The number of hydrogen-bond acceptors (Lipinski definition) is 5. The Labute approximate surface area is 235 Å². The molecule has 0 bridgehead atoms. The zero-order chi connectivity index (χ0) is 27.3. The minimum absolute atomic E-state index is 0.314. The maximum Gasteiger partial charge on any atom is 0.340 e. The molecule has 7 rings (SSSR count). The standard InChI is InChI=1S/C35H34N2O3/c1-3-23-16-18-25(19-17-23)36-29-14-9-15-31-33(29)35(27-13-8-7-12-26(27)34(38)40-35)28-21-30(22(2)20-32(28)39-31)37-24-10-5-4-6-11-24/h4-15,20-21,23,25,36-37H,3,16-19H2,1-2H3. The Balaban J connectivity index is 1.40. The van der Waals surface area contributed by atoms with Gasteiger partial charge in [-0.1, -0.05) is 55.8 Å². The van der Waals surface area contributed by atoms with Crippen molar-refractivity contribution in [2.45, 2.75) is 57.6 Å². The fraction of sp³-hybridized carbons (Fsp3) is 0.286. The molecule has 0 amide bonds. The van der Waals surface area contributed by atoms with E-state index in [1.165, 1.54) is 19.3 Å². The number of ether oxygens (including phenoxy) is 2. The molecule has 1 atom stereocenters. The van der Waals surface area contributed by atoms with Crippen molar-refractivity contribution >= 4 is 23.0 Å². The largest absolute Gasteiger partial charge is 0.456 e. The van der Waals surface area contributed by atoms with E-state index in [4.69, 9.17) is 9.47 Å². The molecule has 2 N–H and O–H groups in total. The number of carbonyl (C=O) groups is 1. The van der Waals surface area contributed by atoms with E-state index >= 15 is 0 Å². The van der Waals surface area contributed by atoms with E-state index < -0.39 is 5.60 Å². The Morgan fingerprint density at radius 3 is 2.40 bits per heavy atom. The summed E-state index contributed by atoms with van der Waals surface area (Å²) in [6.07, 6.45) is 5.98. The lowest BCUT2D eigenvalue weighted by atomic mass is 9.76. The van der Waals surface area contributed by atoms with E-state index in [0.717, 1.165) is 58.1 Å². The molecule has 1 saturated carbocycles. The van der Waals surface area contributed by atoms with Crippen molar-refractivity contribution in [3.05, 3.63) is 113 Å². The van der Waals surface area contributed by atoms with Crippen molar-refractivity contribution in [1.29, 1.82) is 0 Å². The van der Waals surface area contributed by atoms with Crippen molar-refractivity contribution in [3.8, 4) is 11.5 Å². The number of rotatable bonds is 5. The summed E-state index contributed by atoms with van der Waals surface area (Å²) in [6.45, 7) is 4.36. The van der Waals surface area contributed by atoms with Crippen LogP contribution in [0.15, 0.2) is 84.9 Å². The highest BCUT2D eigenvalue weighted by Crippen LogP contribution is 2.59. The molecule has 0 aromatic heterocycles. The summed E-state index contributed by atoms with van der Waals surface area (Å²) in [5.41, 5.74) is 5.96. The lowest BCUT2D eigenvalue weighted by Gasteiger charge is -2.39. The second-order valence-corrected chi connectivity index (χ2v) is 11.3. The average molecular weight is 531 g/mol. The Morgan fingerprint density at radius 2 is 1.60 bits per heavy atom. The molecule has 1 fully saturated rings. The molecule has 40 heavy (non-hydrogen) atoms. The van der Waals surface area contributed by atoms with Gasteiger partial charge in [0.1, 0.15) is 11.5 Å². The summed E-state index contributed by atoms with van der Waals surface area (Å²) in [5.74, 6) is 1.91. The third-order valence-corrected chi connectivity index (χ3v) is 8.91. The zero-order valence-electron chi connectivity index (χ0n) is 23.0. The topological polar surface area (TPSA) is 59.6 Å². The van der Waals surface area contributed by atoms with E-state index in [1.807, 2.05) is 72.8 Å². The van der Waals surface area contributed by atoms with E-state index in [0.29, 0.717) is 23.1 Å². The second kappa shape index (κ2) is 9.74. The van der Waals surface area contributed by atoms with E-state index in [9.17, 15) is 4.79 Å². The number of fused-ring (bicyclic) bond motifs is 6. The normalized spacial score (nSPS) is 22.5. The molecule has 5 heteroatoms. The van der Waals surface area contributed by atoms with Crippen LogP contribution in [0.25, 0.3) is 0 Å². The quantitative estimate of drug-likeness (QED) is 0.253. The van der Waals surface area contributed by atoms with Gasteiger partial charge in [0.25, 0.3) is 0 Å². The number of para-hydroxylation sites is 1. The van der Waals surface area contributed by atoms with Gasteiger partial charge in [0.05, 0.1) is 11.1 Å². The van der Waals surface area contributed by atoms with Gasteiger partial charge in [-0.2, -0.15) is 0 Å². The van der Waals surface area contributed by atoms with Crippen molar-refractivity contribution in [3.63, 3.8) is 0 Å². The van der Waals surface area contributed by atoms with Gasteiger partial charge in [-0.05, 0) is 86.6 Å². The summed E-state index contributed by atoms with van der Waals surface area (Å²) in [4.78, 5) is 13.5. The van der Waals surface area contributed by atoms with Crippen molar-refractivity contribution in [1.82, 2.24) is 0 Å². The number of esters is 1. The molecular formula is C35H34N2O3. The number of benzene rings is 4. The van der Waals surface area contributed by atoms with Crippen LogP contribution in [0.1, 0.15) is 71.6 Å². The van der Waals surface area contributed by atoms with Crippen LogP contribution in [0.4, 0.5) is 17.1 Å². The Kier molecular flexibility index (Phi) is 6.03. The Hall–Kier alpha value is -4.25. The maximum absolute atomic E-state index is 13.5. The number of hydrogen-bond donors (Lipinski definition) is 2. The van der Waals surface area contributed by atoms with Crippen LogP contribution in [0, 0.1) is 12.8 Å². The van der Waals surface area contributed by atoms with Crippen LogP contribution in [0.2, 0.25) is 0 Å². The van der Waals surface area contributed by atoms with Crippen LogP contribution in [-0.4, -0.2) is 12.0 Å². The van der Waals surface area contributed by atoms with Gasteiger partial charge in [-0.25, -0.2) is 4.79 Å². The van der Waals surface area contributed by atoms with Gasteiger partial charge in [0, 0.05) is 34.2 Å². The summed E-state index contributed by atoms with van der Waals surface area (Å²) < 4.78 is 13.1. The molecule has 0 radical (unpaired) electrons. The Bertz CT molecular complexity index is 1590. The fourth-order valence-electron chi connectivity index (χ4n) is 6.74. The molecule has 2 heterocycles. The summed E-state index contributed by atoms with van der Waals surface area (Å²) in [6, 6.07) is 28.5. The van der Waals surface area contributed by atoms with E-state index in [-0.39, 0.29) is 5.97 Å². The molecular weight excluding hydrogens is 496 g/mol. The van der Waals surface area contributed by atoms with Crippen LogP contribution in [0.5, 0.6) is 11.5 Å². The minimum Gasteiger partial charge on any atom is -0.456 e. The minimum atomic E-state index is -1.12. The predicted octanol–water partition coefficient (Wildman–Crippen LogP) is 8.69. The molecule has 2 aliphatic heterocycles. The first-order chi connectivity index (χ1) is 19.6. The van der Waals surface area contributed by atoms with Gasteiger partial charge in [-0.15, -0.1) is 0 Å². The van der Waals surface area contributed by atoms with Gasteiger partial charge in [0.15, 0.2) is 5.60 Å². The highest BCUT2D eigenvalue weighted by Gasteiger charge is 2.55. The van der Waals surface area contributed by atoms with Crippen molar-refractivity contribution in [2.75, 3.05) is 10.6 Å². The number of carbonyl (C=O) groups excluding carboxylic acids is 1. The Morgan fingerprint density at radius 1 is 0.825 bits per heavy atom. The summed E-state index contributed by atoms with van der Waals surface area (Å²) >= 11 is 0. The molecule has 4 aromatic carbocycles. The third kappa shape index (κ3) is 3.95. The monoisotopic (exact) mass is 530 g/mol. The van der Waals surface area contributed by atoms with Crippen LogP contribution >= 0.6 is 0 Å². The first-order valence-electron chi connectivity index (χ1n) is 14.4. The van der Waals surface area contributed by atoms with Gasteiger partial charge in [-0.3, -0.25) is 0 Å². The molecule has 3 aliphatic rings. The number of anilines is 3. The van der Waals surface area contributed by atoms with Crippen molar-refractivity contribution < 1.29 is 14.3 Å². The maximum atomic E-state index is 13.5. The van der Waals surface area contributed by atoms with E-state index in [1.54, 1.807) is 0 Å². The van der Waals surface area contributed by atoms with Crippen molar-refractivity contribution in [2.24, 2.45) is 5.92 Å². The van der Waals surface area contributed by atoms with E-state index in [2.05, 4.69) is 36.6 Å². The molecule has 1 unspecified atom stereocenters. The highest BCUT2D eigenvalue weighted by atomic mass is 16.6. The zero-order valence-corrected chi connectivity index (χ0v) is 23.0. The lowest BCUT2D eigenvalue weighted by molar-refractivity contribution is 0.0226. The first kappa shape index (κ1) is 24.8. The highest BCUT2D eigenvalue weighted by molar-refractivity contribution is 5.97. The lowest BCUT2D eigenvalue weighted by Crippen LogP contribution is -2.35. The molecule has 202 valence electrons. The SMILES string of the molecule is CCC1CCC(Nc2cccc3c2C2(OC(=O)c4ccccc42)c2cc(Nc4ccccc4)c(C)cc2O3)CC1. The van der Waals surface area contributed by atoms with Crippen LogP contribution in [0.3, 0.4) is 0 Å². The van der Waals surface area contributed by atoms with Gasteiger partial charge in [0.2, 0.25) is 0 Å². The summed E-state index contributed by atoms with van der Waals surface area (Å²) in [7, 11) is 0. The first-order valence-corrected chi connectivity index (χ1v) is 14.4.